The molecule has 0 radical (unpaired) electrons. The number of nitrogens with two attached hydrogens (primary N) is 1. The first-order valence-electron chi connectivity index (χ1n) is 5.96. The summed E-state index contributed by atoms with van der Waals surface area (Å²) in [5.41, 5.74) is 8.35. The molecule has 0 unspecified atom stereocenters. The van der Waals surface area contributed by atoms with Crippen LogP contribution in [0.5, 0.6) is 0 Å². The maximum Gasteiger partial charge on any atom is 0.195 e. The van der Waals surface area contributed by atoms with Gasteiger partial charge >= 0.3 is 0 Å². The summed E-state index contributed by atoms with van der Waals surface area (Å²) in [6.07, 6.45) is 2.65. The predicted molar refractivity (Wildman–Crippen MR) is 80.3 cm³/mol. The Hall–Kier alpha value is -1.40. The zero-order chi connectivity index (χ0) is 13.2. The first-order valence-corrected chi connectivity index (χ1v) is 7.63. The van der Waals surface area contributed by atoms with Crippen molar-refractivity contribution < 1.29 is 4.42 Å². The molecular weight excluding hydrogens is 326 g/mol. The monoisotopic (exact) mass is 337 g/mol. The van der Waals surface area contributed by atoms with Gasteiger partial charge in [-0.2, -0.15) is 0 Å². The molecule has 0 atom stereocenters. The van der Waals surface area contributed by atoms with Crippen LogP contribution in [0.15, 0.2) is 32.5 Å². The van der Waals surface area contributed by atoms with Crippen molar-refractivity contribution in [2.45, 2.75) is 19.3 Å². The average molecular weight is 338 g/mol. The smallest absolute Gasteiger partial charge is 0.195 e. The number of benzene rings is 1. The Morgan fingerprint density at radius 1 is 1.26 bits per heavy atom. The number of anilines is 1. The van der Waals surface area contributed by atoms with Crippen LogP contribution >= 0.6 is 27.3 Å². The van der Waals surface area contributed by atoms with Gasteiger partial charge in [-0.15, -0.1) is 11.3 Å². The van der Waals surface area contributed by atoms with E-state index in [-0.39, 0.29) is 0 Å². The van der Waals surface area contributed by atoms with Crippen LogP contribution in [0, 0.1) is 0 Å². The molecule has 0 aliphatic heterocycles. The fourth-order valence-electron chi connectivity index (χ4n) is 1.93. The quantitative estimate of drug-likeness (QED) is 0.786. The molecule has 4 nitrogen and oxygen atoms in total. The van der Waals surface area contributed by atoms with Crippen LogP contribution in [0.2, 0.25) is 0 Å². The molecule has 3 aromatic rings. The highest BCUT2D eigenvalue weighted by molar-refractivity contribution is 9.10. The van der Waals surface area contributed by atoms with E-state index in [1.165, 1.54) is 11.3 Å². The zero-order valence-corrected chi connectivity index (χ0v) is 12.5. The molecule has 0 aliphatic rings. The first-order chi connectivity index (χ1) is 9.22. The van der Waals surface area contributed by atoms with Crippen LogP contribution in [0.25, 0.3) is 11.1 Å². The molecule has 0 aliphatic carbocycles. The highest BCUT2D eigenvalue weighted by Crippen LogP contribution is 2.25. The SMILES string of the molecule is Nc1nc(CCCc2nc3cccc(Br)c3o2)cs1. The van der Waals surface area contributed by atoms with Crippen molar-refractivity contribution in [1.29, 1.82) is 0 Å². The van der Waals surface area contributed by atoms with Gasteiger partial charge in [-0.1, -0.05) is 6.07 Å². The molecule has 3 rings (SSSR count). The molecule has 98 valence electrons. The lowest BCUT2D eigenvalue weighted by Gasteiger charge is -1.94. The van der Waals surface area contributed by atoms with Crippen molar-refractivity contribution in [2.24, 2.45) is 0 Å². The van der Waals surface area contributed by atoms with Crippen LogP contribution in [0.4, 0.5) is 5.13 Å². The Balaban J connectivity index is 1.67. The number of aryl methyl sites for hydroxylation is 2. The second-order valence-electron chi connectivity index (χ2n) is 4.23. The largest absolute Gasteiger partial charge is 0.440 e. The van der Waals surface area contributed by atoms with Crippen molar-refractivity contribution in [3.63, 3.8) is 0 Å². The number of nitrogen functional groups attached to an aromatic ring is 1. The maximum atomic E-state index is 5.74. The van der Waals surface area contributed by atoms with E-state index >= 15 is 0 Å². The Kier molecular flexibility index (Phi) is 3.52. The summed E-state index contributed by atoms with van der Waals surface area (Å²) in [5, 5.41) is 2.62. The third-order valence-corrected chi connectivity index (χ3v) is 4.15. The third-order valence-electron chi connectivity index (χ3n) is 2.80. The molecular formula is C13H12BrN3OS. The van der Waals surface area contributed by atoms with Gasteiger partial charge in [-0.25, -0.2) is 9.97 Å². The molecule has 0 amide bonds. The standard InChI is InChI=1S/C13H12BrN3OS/c14-9-4-2-5-10-12(9)18-11(17-10)6-1-3-8-7-19-13(15)16-8/h2,4-5,7H,1,3,6H2,(H2,15,16). The van der Waals surface area contributed by atoms with Gasteiger partial charge in [0.15, 0.2) is 16.6 Å². The summed E-state index contributed by atoms with van der Waals surface area (Å²) in [6, 6.07) is 5.86. The normalized spacial score (nSPS) is 11.2. The molecule has 0 spiro atoms. The number of hydrogen-bond donors (Lipinski definition) is 1. The Bertz CT molecular complexity index is 707. The second-order valence-corrected chi connectivity index (χ2v) is 5.97. The van der Waals surface area contributed by atoms with E-state index in [2.05, 4.69) is 25.9 Å². The molecule has 0 bridgehead atoms. The number of thiazole rings is 1. The molecule has 19 heavy (non-hydrogen) atoms. The Morgan fingerprint density at radius 2 is 2.16 bits per heavy atom. The van der Waals surface area contributed by atoms with E-state index in [0.717, 1.165) is 46.4 Å². The van der Waals surface area contributed by atoms with E-state index in [1.807, 2.05) is 23.6 Å². The van der Waals surface area contributed by atoms with Crippen LogP contribution in [0.1, 0.15) is 18.0 Å². The fourth-order valence-corrected chi connectivity index (χ4v) is 2.96. The maximum absolute atomic E-state index is 5.74. The van der Waals surface area contributed by atoms with Gasteiger partial charge in [-0.05, 0) is 40.9 Å². The predicted octanol–water partition coefficient (Wildman–Crippen LogP) is 3.80. The highest BCUT2D eigenvalue weighted by Gasteiger charge is 2.08. The van der Waals surface area contributed by atoms with Gasteiger partial charge in [0, 0.05) is 11.8 Å². The van der Waals surface area contributed by atoms with E-state index in [4.69, 9.17) is 10.2 Å². The van der Waals surface area contributed by atoms with Gasteiger partial charge in [0.25, 0.3) is 0 Å². The molecule has 6 heteroatoms. The van der Waals surface area contributed by atoms with E-state index in [1.54, 1.807) is 0 Å². The number of oxazole rings is 1. The Morgan fingerprint density at radius 3 is 2.89 bits per heavy atom. The van der Waals surface area contributed by atoms with Gasteiger partial charge in [0.2, 0.25) is 0 Å². The highest BCUT2D eigenvalue weighted by atomic mass is 79.9. The molecule has 0 saturated heterocycles. The van der Waals surface area contributed by atoms with Crippen molar-refractivity contribution >= 4 is 43.5 Å². The second kappa shape index (κ2) is 5.30. The number of nitrogens with zero attached hydrogens (tertiary/aromatic N) is 2. The van der Waals surface area contributed by atoms with Crippen molar-refractivity contribution in [3.05, 3.63) is 39.6 Å². The number of fused-ring (bicyclic) bond motifs is 1. The molecule has 0 fully saturated rings. The molecule has 0 saturated carbocycles. The molecule has 1 aromatic carbocycles. The summed E-state index contributed by atoms with van der Waals surface area (Å²) >= 11 is 4.94. The lowest BCUT2D eigenvalue weighted by atomic mass is 10.2. The minimum absolute atomic E-state index is 0.626. The lowest BCUT2D eigenvalue weighted by molar-refractivity contribution is 0.518. The van der Waals surface area contributed by atoms with Gasteiger partial charge in [0.1, 0.15) is 5.52 Å². The van der Waals surface area contributed by atoms with E-state index in [9.17, 15) is 0 Å². The topological polar surface area (TPSA) is 64.9 Å². The van der Waals surface area contributed by atoms with E-state index in [0.29, 0.717) is 5.13 Å². The summed E-state index contributed by atoms with van der Waals surface area (Å²) in [6.45, 7) is 0. The van der Waals surface area contributed by atoms with E-state index < -0.39 is 0 Å². The summed E-state index contributed by atoms with van der Waals surface area (Å²) < 4.78 is 6.68. The summed E-state index contributed by atoms with van der Waals surface area (Å²) in [4.78, 5) is 8.71. The molecule has 2 aromatic heterocycles. The van der Waals surface area contributed by atoms with Crippen LogP contribution in [-0.4, -0.2) is 9.97 Å². The minimum Gasteiger partial charge on any atom is -0.440 e. The first kappa shape index (κ1) is 12.6. The number of para-hydroxylation sites is 1. The number of hydrogen-bond acceptors (Lipinski definition) is 5. The van der Waals surface area contributed by atoms with Crippen LogP contribution in [0.3, 0.4) is 0 Å². The van der Waals surface area contributed by atoms with Crippen molar-refractivity contribution in [1.82, 2.24) is 9.97 Å². The fraction of sp³-hybridized carbons (Fsp3) is 0.231. The van der Waals surface area contributed by atoms with Gasteiger partial charge < -0.3 is 10.2 Å². The third kappa shape index (κ3) is 2.79. The number of aromatic nitrogens is 2. The summed E-state index contributed by atoms with van der Waals surface area (Å²) in [5.74, 6) is 0.769. The summed E-state index contributed by atoms with van der Waals surface area (Å²) in [7, 11) is 0. The number of rotatable bonds is 4. The van der Waals surface area contributed by atoms with Gasteiger partial charge in [-0.3, -0.25) is 0 Å². The van der Waals surface area contributed by atoms with Gasteiger partial charge in [0.05, 0.1) is 10.2 Å². The zero-order valence-electron chi connectivity index (χ0n) is 10.1. The van der Waals surface area contributed by atoms with Crippen LogP contribution < -0.4 is 5.73 Å². The lowest BCUT2D eigenvalue weighted by Crippen LogP contribution is -1.91. The van der Waals surface area contributed by atoms with Crippen molar-refractivity contribution in [3.8, 4) is 0 Å². The molecule has 2 heterocycles. The van der Waals surface area contributed by atoms with Crippen molar-refractivity contribution in [2.75, 3.05) is 5.73 Å². The number of halogens is 1. The average Bonchev–Trinajstić information content (AvgIpc) is 2.97. The Labute approximate surface area is 122 Å². The minimum atomic E-state index is 0.626. The van der Waals surface area contributed by atoms with Crippen LogP contribution in [-0.2, 0) is 12.8 Å². The molecule has 2 N–H and O–H groups in total.